The van der Waals surface area contributed by atoms with Crippen molar-refractivity contribution in [1.29, 1.82) is 0 Å². The Morgan fingerprint density at radius 1 is 1.47 bits per heavy atom. The highest BCUT2D eigenvalue weighted by atomic mass is 16.5. The molecule has 0 aliphatic carbocycles. The summed E-state index contributed by atoms with van der Waals surface area (Å²) in [6, 6.07) is 1.22. The summed E-state index contributed by atoms with van der Waals surface area (Å²) in [5, 5.41) is 14.2. The number of nitrogens with zero attached hydrogens (tertiary/aromatic N) is 3. The summed E-state index contributed by atoms with van der Waals surface area (Å²) >= 11 is 0. The van der Waals surface area contributed by atoms with Gasteiger partial charge in [-0.15, -0.1) is 0 Å². The molecule has 1 aromatic heterocycles. The van der Waals surface area contributed by atoms with E-state index in [9.17, 15) is 9.90 Å². The van der Waals surface area contributed by atoms with Crippen LogP contribution in [0.3, 0.4) is 0 Å². The van der Waals surface area contributed by atoms with Crippen molar-refractivity contribution in [1.82, 2.24) is 10.1 Å². The number of aliphatic hydroxyl groups is 1. The third kappa shape index (κ3) is 2.20. The maximum Gasteiger partial charge on any atom is 0.329 e. The minimum absolute atomic E-state index is 0.161. The Morgan fingerprint density at radius 3 is 2.53 bits per heavy atom. The number of amides is 2. The van der Waals surface area contributed by atoms with Gasteiger partial charge in [0.1, 0.15) is 0 Å². The summed E-state index contributed by atoms with van der Waals surface area (Å²) in [6.45, 7) is 7.97. The maximum absolute atomic E-state index is 12.1. The maximum atomic E-state index is 12.1. The van der Waals surface area contributed by atoms with Crippen LogP contribution in [0.4, 0.5) is 10.7 Å². The highest BCUT2D eigenvalue weighted by Gasteiger charge is 2.44. The topological polar surface area (TPSA) is 69.8 Å². The van der Waals surface area contributed by atoms with Crippen molar-refractivity contribution in [2.45, 2.75) is 51.8 Å². The lowest BCUT2D eigenvalue weighted by Gasteiger charge is -2.18. The third-order valence-electron chi connectivity index (χ3n) is 3.54. The van der Waals surface area contributed by atoms with Crippen molar-refractivity contribution in [2.24, 2.45) is 0 Å². The fourth-order valence-corrected chi connectivity index (χ4v) is 2.24. The van der Waals surface area contributed by atoms with E-state index in [1.165, 1.54) is 9.80 Å². The van der Waals surface area contributed by atoms with Gasteiger partial charge in [-0.25, -0.2) is 9.69 Å². The number of rotatable bonds is 2. The number of carbonyl (C=O) groups excluding carboxylic acids is 1. The first-order valence-corrected chi connectivity index (χ1v) is 6.48. The molecule has 1 saturated heterocycles. The molecule has 0 saturated carbocycles. The van der Waals surface area contributed by atoms with Crippen molar-refractivity contribution in [3.05, 3.63) is 11.8 Å². The van der Waals surface area contributed by atoms with Crippen LogP contribution in [0.25, 0.3) is 0 Å². The number of aliphatic hydroxyl groups excluding tert-OH is 1. The molecular weight excluding hydrogens is 246 g/mol. The lowest BCUT2D eigenvalue weighted by molar-refractivity contribution is 0.123. The van der Waals surface area contributed by atoms with Crippen molar-refractivity contribution in [3.8, 4) is 0 Å². The number of hydrogen-bond donors (Lipinski definition) is 1. The van der Waals surface area contributed by atoms with Crippen molar-refractivity contribution >= 4 is 11.9 Å². The molecule has 106 valence electrons. The van der Waals surface area contributed by atoms with E-state index in [2.05, 4.69) is 5.16 Å². The molecule has 2 atom stereocenters. The summed E-state index contributed by atoms with van der Waals surface area (Å²) in [4.78, 5) is 14.9. The average Bonchev–Trinajstić information content (AvgIpc) is 2.85. The third-order valence-corrected chi connectivity index (χ3v) is 3.54. The molecule has 2 heterocycles. The first-order chi connectivity index (χ1) is 8.77. The number of likely N-dealkylation sites (N-methyl/N-ethyl adjacent to an activating group) is 1. The van der Waals surface area contributed by atoms with Crippen LogP contribution in [0.1, 0.15) is 39.8 Å². The molecule has 0 bridgehead atoms. The molecule has 6 nitrogen and oxygen atoms in total. The fourth-order valence-electron chi connectivity index (χ4n) is 2.24. The van der Waals surface area contributed by atoms with Gasteiger partial charge in [0.15, 0.2) is 6.23 Å². The molecule has 2 rings (SSSR count). The van der Waals surface area contributed by atoms with Crippen LogP contribution in [0.15, 0.2) is 10.6 Å². The first kappa shape index (κ1) is 13.9. The van der Waals surface area contributed by atoms with Crippen LogP contribution in [0.5, 0.6) is 0 Å². The molecule has 1 aromatic rings. The van der Waals surface area contributed by atoms with Gasteiger partial charge >= 0.3 is 6.03 Å². The summed E-state index contributed by atoms with van der Waals surface area (Å²) in [7, 11) is 1.68. The van der Waals surface area contributed by atoms with Crippen molar-refractivity contribution in [3.63, 3.8) is 0 Å². The number of anilines is 1. The normalized spacial score (nSPS) is 24.4. The molecule has 2 amide bonds. The van der Waals surface area contributed by atoms with Crippen LogP contribution in [-0.2, 0) is 5.41 Å². The Balaban J connectivity index is 2.32. The summed E-state index contributed by atoms with van der Waals surface area (Å²) in [5.74, 6) is 0.297. The quantitative estimate of drug-likeness (QED) is 0.889. The second-order valence-corrected chi connectivity index (χ2v) is 5.95. The molecule has 19 heavy (non-hydrogen) atoms. The van der Waals surface area contributed by atoms with Crippen LogP contribution < -0.4 is 4.90 Å². The molecule has 1 aliphatic rings. The summed E-state index contributed by atoms with van der Waals surface area (Å²) in [5.41, 5.74) is 0.594. The number of urea groups is 1. The molecule has 0 aromatic carbocycles. The van der Waals surface area contributed by atoms with Gasteiger partial charge in [0.25, 0.3) is 0 Å². The monoisotopic (exact) mass is 267 g/mol. The van der Waals surface area contributed by atoms with Crippen LogP contribution in [0.2, 0.25) is 0 Å². The average molecular weight is 267 g/mol. The van der Waals surface area contributed by atoms with Crippen molar-refractivity contribution in [2.75, 3.05) is 11.9 Å². The predicted molar refractivity (Wildman–Crippen MR) is 70.9 cm³/mol. The van der Waals surface area contributed by atoms with E-state index in [0.29, 0.717) is 12.3 Å². The molecular formula is C13H21N3O3. The summed E-state index contributed by atoms with van der Waals surface area (Å²) < 4.78 is 5.23. The van der Waals surface area contributed by atoms with Gasteiger partial charge in [-0.1, -0.05) is 32.9 Å². The molecule has 6 heteroatoms. The Morgan fingerprint density at radius 2 is 2.11 bits per heavy atom. The predicted octanol–water partition coefficient (Wildman–Crippen LogP) is 1.94. The Bertz CT molecular complexity index is 478. The Labute approximate surface area is 113 Å². The van der Waals surface area contributed by atoms with Gasteiger partial charge in [0.2, 0.25) is 5.88 Å². The second kappa shape index (κ2) is 4.52. The van der Waals surface area contributed by atoms with Gasteiger partial charge in [-0.2, -0.15) is 0 Å². The Kier molecular flexibility index (Phi) is 3.30. The fraction of sp³-hybridized carbons (Fsp3) is 0.692. The van der Waals surface area contributed by atoms with Crippen LogP contribution >= 0.6 is 0 Å². The number of carbonyl (C=O) groups is 1. The Hall–Kier alpha value is -1.56. The van der Waals surface area contributed by atoms with Gasteiger partial charge in [0, 0.05) is 18.5 Å². The van der Waals surface area contributed by atoms with Gasteiger partial charge in [0.05, 0.1) is 11.7 Å². The molecule has 1 N–H and O–H groups in total. The molecule has 1 aliphatic heterocycles. The van der Waals surface area contributed by atoms with Crippen LogP contribution in [0, 0.1) is 0 Å². The molecule has 0 spiro atoms. The smallest absolute Gasteiger partial charge is 0.329 e. The van der Waals surface area contributed by atoms with E-state index in [1.807, 2.05) is 27.7 Å². The van der Waals surface area contributed by atoms with E-state index < -0.39 is 6.23 Å². The van der Waals surface area contributed by atoms with Crippen molar-refractivity contribution < 1.29 is 14.4 Å². The molecule has 2 unspecified atom stereocenters. The minimum atomic E-state index is -0.900. The molecule has 0 radical (unpaired) electrons. The first-order valence-electron chi connectivity index (χ1n) is 6.48. The lowest BCUT2D eigenvalue weighted by atomic mass is 9.92. The zero-order valence-electron chi connectivity index (χ0n) is 12.0. The van der Waals surface area contributed by atoms with E-state index in [1.54, 1.807) is 13.1 Å². The largest absolute Gasteiger partial charge is 0.371 e. The van der Waals surface area contributed by atoms with Gasteiger partial charge in [-0.05, 0) is 6.42 Å². The van der Waals surface area contributed by atoms with E-state index in [4.69, 9.17) is 4.52 Å². The van der Waals surface area contributed by atoms with E-state index in [-0.39, 0.29) is 17.5 Å². The van der Waals surface area contributed by atoms with Crippen LogP contribution in [-0.4, -0.2) is 40.5 Å². The zero-order chi connectivity index (χ0) is 14.4. The van der Waals surface area contributed by atoms with E-state index in [0.717, 1.165) is 5.69 Å². The highest BCUT2D eigenvalue weighted by molar-refractivity contribution is 5.93. The van der Waals surface area contributed by atoms with Gasteiger partial charge in [-0.3, -0.25) is 0 Å². The highest BCUT2D eigenvalue weighted by Crippen LogP contribution is 2.31. The number of hydrogen-bond acceptors (Lipinski definition) is 4. The standard InChI is InChI=1S/C13H21N3O3/c1-6-8-11(17)16(12(18)15(8)5)10-7-9(14-19-10)13(2,3)4/h7-8,11,17H,6H2,1-5H3. The summed E-state index contributed by atoms with van der Waals surface area (Å²) in [6.07, 6.45) is -0.219. The van der Waals surface area contributed by atoms with Gasteiger partial charge < -0.3 is 14.5 Å². The second-order valence-electron chi connectivity index (χ2n) is 5.95. The van der Waals surface area contributed by atoms with E-state index >= 15 is 0 Å². The minimum Gasteiger partial charge on any atom is -0.371 e. The molecule has 1 fully saturated rings. The lowest BCUT2D eigenvalue weighted by Crippen LogP contribution is -2.36. The SMILES string of the molecule is CCC1C(O)N(c2cc(C(C)(C)C)no2)C(=O)N1C. The number of aromatic nitrogens is 1. The zero-order valence-corrected chi connectivity index (χ0v) is 12.0.